The van der Waals surface area contributed by atoms with Crippen LogP contribution in [0.4, 0.5) is 5.69 Å². The first-order chi connectivity index (χ1) is 11.5. The van der Waals surface area contributed by atoms with Crippen LogP contribution in [0.15, 0.2) is 12.1 Å². The highest BCUT2D eigenvalue weighted by Gasteiger charge is 2.16. The molecule has 0 aliphatic carbocycles. The van der Waals surface area contributed by atoms with Crippen molar-refractivity contribution >= 4 is 29.9 Å². The predicted octanol–water partition coefficient (Wildman–Crippen LogP) is 1.05. The van der Waals surface area contributed by atoms with Crippen LogP contribution in [0, 0.1) is 0 Å². The van der Waals surface area contributed by atoms with Crippen molar-refractivity contribution in [3.63, 3.8) is 0 Å². The molecule has 1 aromatic carbocycles. The van der Waals surface area contributed by atoms with Gasteiger partial charge < -0.3 is 30.2 Å². The molecule has 0 saturated heterocycles. The molecule has 0 spiro atoms. The summed E-state index contributed by atoms with van der Waals surface area (Å²) in [7, 11) is 4.57. The van der Waals surface area contributed by atoms with Gasteiger partial charge in [0.05, 0.1) is 26.5 Å². The number of amides is 2. The van der Waals surface area contributed by atoms with Gasteiger partial charge in [-0.3, -0.25) is 9.59 Å². The van der Waals surface area contributed by atoms with Gasteiger partial charge in [-0.1, -0.05) is 0 Å². The lowest BCUT2D eigenvalue weighted by Gasteiger charge is -2.15. The third kappa shape index (κ3) is 7.59. The van der Waals surface area contributed by atoms with Crippen molar-refractivity contribution < 1.29 is 23.8 Å². The van der Waals surface area contributed by atoms with Gasteiger partial charge in [0.25, 0.3) is 5.91 Å². The van der Waals surface area contributed by atoms with Crippen LogP contribution in [-0.2, 0) is 9.53 Å². The van der Waals surface area contributed by atoms with Gasteiger partial charge in [-0.25, -0.2) is 0 Å². The number of benzene rings is 1. The molecule has 2 amide bonds. The summed E-state index contributed by atoms with van der Waals surface area (Å²) in [4.78, 5) is 23.6. The Morgan fingerprint density at radius 1 is 1.04 bits per heavy atom. The fourth-order valence-corrected chi connectivity index (χ4v) is 2.04. The molecule has 1 rings (SSSR count). The molecule has 1 aromatic rings. The zero-order valence-corrected chi connectivity index (χ0v) is 15.7. The topological polar surface area (TPSA) is 97.9 Å². The molecular formula is C16H26ClN3O5. The van der Waals surface area contributed by atoms with Gasteiger partial charge in [0, 0.05) is 39.2 Å². The van der Waals surface area contributed by atoms with Gasteiger partial charge in [0.2, 0.25) is 5.91 Å². The maximum atomic E-state index is 12.3. The van der Waals surface area contributed by atoms with Crippen LogP contribution in [0.3, 0.4) is 0 Å². The van der Waals surface area contributed by atoms with Crippen molar-refractivity contribution in [3.05, 3.63) is 17.7 Å². The lowest BCUT2D eigenvalue weighted by atomic mass is 10.1. The lowest BCUT2D eigenvalue weighted by molar-refractivity contribution is -0.114. The van der Waals surface area contributed by atoms with Gasteiger partial charge in [-0.15, -0.1) is 12.4 Å². The molecular weight excluding hydrogens is 350 g/mol. The molecule has 0 heterocycles. The molecule has 9 heteroatoms. The van der Waals surface area contributed by atoms with Gasteiger partial charge in [0.1, 0.15) is 0 Å². The summed E-state index contributed by atoms with van der Waals surface area (Å²) in [5.41, 5.74) is 0.751. The molecule has 0 saturated carbocycles. The number of rotatable bonds is 10. The van der Waals surface area contributed by atoms with E-state index in [4.69, 9.17) is 14.2 Å². The van der Waals surface area contributed by atoms with E-state index in [0.717, 1.165) is 6.54 Å². The van der Waals surface area contributed by atoms with Crippen LogP contribution in [0.2, 0.25) is 0 Å². The second-order valence-corrected chi connectivity index (χ2v) is 4.94. The number of nitrogens with one attached hydrogen (secondary N) is 3. The maximum Gasteiger partial charge on any atom is 0.251 e. The number of hydrogen-bond acceptors (Lipinski definition) is 6. The standard InChI is InChI=1S/C16H25N3O5.ClH/c1-11(20)19-13-9-12(10-14(23-3)15(13)24-4)16(21)18-6-5-17-7-8-22-2;/h9-10,17H,5-8H2,1-4H3,(H,18,21)(H,19,20);1H. The Kier molecular flexibility index (Phi) is 11.3. The minimum Gasteiger partial charge on any atom is -0.493 e. The summed E-state index contributed by atoms with van der Waals surface area (Å²) in [6.07, 6.45) is 0. The number of anilines is 1. The molecule has 25 heavy (non-hydrogen) atoms. The van der Waals surface area contributed by atoms with E-state index in [1.807, 2.05) is 0 Å². The van der Waals surface area contributed by atoms with Crippen LogP contribution in [-0.4, -0.2) is 59.4 Å². The first-order valence-electron chi connectivity index (χ1n) is 7.55. The van der Waals surface area contributed by atoms with Gasteiger partial charge in [-0.05, 0) is 12.1 Å². The van der Waals surface area contributed by atoms with Crippen molar-refractivity contribution in [1.29, 1.82) is 0 Å². The number of carbonyl (C=O) groups excluding carboxylic acids is 2. The zero-order valence-electron chi connectivity index (χ0n) is 14.9. The number of ether oxygens (including phenoxy) is 3. The van der Waals surface area contributed by atoms with E-state index < -0.39 is 0 Å². The van der Waals surface area contributed by atoms with Crippen LogP contribution in [0.25, 0.3) is 0 Å². The summed E-state index contributed by atoms with van der Waals surface area (Å²) in [6, 6.07) is 3.12. The molecule has 0 atom stereocenters. The summed E-state index contributed by atoms with van der Waals surface area (Å²) in [6.45, 7) is 3.80. The highest BCUT2D eigenvalue weighted by atomic mass is 35.5. The average Bonchev–Trinajstić information content (AvgIpc) is 2.56. The Morgan fingerprint density at radius 3 is 2.32 bits per heavy atom. The largest absolute Gasteiger partial charge is 0.493 e. The summed E-state index contributed by atoms with van der Waals surface area (Å²) in [5.74, 6) is 0.198. The van der Waals surface area contributed by atoms with Crippen molar-refractivity contribution in [2.45, 2.75) is 6.92 Å². The Morgan fingerprint density at radius 2 is 1.76 bits per heavy atom. The van der Waals surface area contributed by atoms with Crippen LogP contribution < -0.4 is 25.4 Å². The smallest absolute Gasteiger partial charge is 0.251 e. The van der Waals surface area contributed by atoms with Crippen LogP contribution in [0.1, 0.15) is 17.3 Å². The molecule has 0 unspecified atom stereocenters. The maximum absolute atomic E-state index is 12.3. The Balaban J connectivity index is 0.00000576. The SMILES string of the molecule is COCCNCCNC(=O)c1cc(NC(C)=O)c(OC)c(OC)c1.Cl. The Labute approximate surface area is 154 Å². The van der Waals surface area contributed by atoms with Crippen molar-refractivity contribution in [2.24, 2.45) is 0 Å². The lowest BCUT2D eigenvalue weighted by Crippen LogP contribution is -2.33. The Bertz CT molecular complexity index is 569. The molecule has 0 aliphatic heterocycles. The number of methoxy groups -OCH3 is 3. The van der Waals surface area contributed by atoms with E-state index >= 15 is 0 Å². The molecule has 0 aromatic heterocycles. The molecule has 0 radical (unpaired) electrons. The number of carbonyl (C=O) groups is 2. The van der Waals surface area contributed by atoms with E-state index in [1.165, 1.54) is 21.1 Å². The zero-order chi connectivity index (χ0) is 17.9. The van der Waals surface area contributed by atoms with Crippen molar-refractivity contribution in [1.82, 2.24) is 10.6 Å². The molecule has 8 nitrogen and oxygen atoms in total. The number of hydrogen-bond donors (Lipinski definition) is 3. The first-order valence-corrected chi connectivity index (χ1v) is 7.55. The minimum atomic E-state index is -0.268. The minimum absolute atomic E-state index is 0. The summed E-state index contributed by atoms with van der Waals surface area (Å²) in [5, 5.41) is 8.56. The van der Waals surface area contributed by atoms with Crippen LogP contribution in [0.5, 0.6) is 11.5 Å². The van der Waals surface area contributed by atoms with Gasteiger partial charge in [-0.2, -0.15) is 0 Å². The summed E-state index contributed by atoms with van der Waals surface area (Å²) < 4.78 is 15.4. The van der Waals surface area contributed by atoms with Crippen LogP contribution >= 0.6 is 12.4 Å². The van der Waals surface area contributed by atoms with Gasteiger partial charge in [0.15, 0.2) is 11.5 Å². The highest BCUT2D eigenvalue weighted by Crippen LogP contribution is 2.36. The summed E-state index contributed by atoms with van der Waals surface area (Å²) >= 11 is 0. The molecule has 0 aliphatic rings. The normalized spacial score (nSPS) is 9.76. The second-order valence-electron chi connectivity index (χ2n) is 4.94. The van der Waals surface area contributed by atoms with Crippen molar-refractivity contribution in [2.75, 3.05) is 52.9 Å². The second kappa shape index (κ2) is 12.3. The van der Waals surface area contributed by atoms with Crippen molar-refractivity contribution in [3.8, 4) is 11.5 Å². The quantitative estimate of drug-likeness (QED) is 0.529. The highest BCUT2D eigenvalue weighted by molar-refractivity contribution is 5.99. The fraction of sp³-hybridized carbons (Fsp3) is 0.500. The monoisotopic (exact) mass is 375 g/mol. The average molecular weight is 376 g/mol. The fourth-order valence-electron chi connectivity index (χ4n) is 2.04. The van der Waals surface area contributed by atoms with E-state index in [2.05, 4.69) is 16.0 Å². The third-order valence-electron chi connectivity index (χ3n) is 3.12. The van der Waals surface area contributed by atoms with E-state index in [0.29, 0.717) is 42.4 Å². The molecule has 3 N–H and O–H groups in total. The molecule has 142 valence electrons. The van der Waals surface area contributed by atoms with E-state index in [-0.39, 0.29) is 24.2 Å². The van der Waals surface area contributed by atoms with E-state index in [1.54, 1.807) is 19.2 Å². The molecule has 0 fully saturated rings. The van der Waals surface area contributed by atoms with Gasteiger partial charge >= 0.3 is 0 Å². The third-order valence-corrected chi connectivity index (χ3v) is 3.12. The number of halogens is 1. The molecule has 0 bridgehead atoms. The first kappa shape index (κ1) is 23.0. The van der Waals surface area contributed by atoms with E-state index in [9.17, 15) is 9.59 Å². The predicted molar refractivity (Wildman–Crippen MR) is 98.2 cm³/mol. The Hall–Kier alpha value is -2.03.